The zero-order chi connectivity index (χ0) is 19.0. The highest BCUT2D eigenvalue weighted by Gasteiger charge is 2.62. The molecule has 0 aromatic heterocycles. The van der Waals surface area contributed by atoms with Crippen molar-refractivity contribution in [1.29, 1.82) is 0 Å². The summed E-state index contributed by atoms with van der Waals surface area (Å²) in [6.07, 6.45) is 15.2. The third kappa shape index (κ3) is 2.39. The number of aliphatic hydroxyl groups is 1. The fraction of sp³-hybridized carbons (Fsp3) is 0.792. The quantitative estimate of drug-likeness (QED) is 0.533. The van der Waals surface area contributed by atoms with E-state index in [-0.39, 0.29) is 17.5 Å². The van der Waals surface area contributed by atoms with Crippen molar-refractivity contribution in [3.05, 3.63) is 23.8 Å². The van der Waals surface area contributed by atoms with Gasteiger partial charge in [0, 0.05) is 12.0 Å². The van der Waals surface area contributed by atoms with Crippen molar-refractivity contribution >= 4 is 5.97 Å². The third-order valence-electron chi connectivity index (χ3n) is 9.64. The van der Waals surface area contributed by atoms with Crippen molar-refractivity contribution in [3.8, 4) is 0 Å². The lowest BCUT2D eigenvalue weighted by atomic mass is 9.47. The Morgan fingerprint density at radius 1 is 1.07 bits per heavy atom. The summed E-state index contributed by atoms with van der Waals surface area (Å²) in [7, 11) is 0. The van der Waals surface area contributed by atoms with Crippen LogP contribution in [-0.2, 0) is 9.53 Å². The maximum Gasteiger partial charge on any atom is 0.331 e. The number of hydrogen-bond donors (Lipinski definition) is 1. The summed E-state index contributed by atoms with van der Waals surface area (Å²) in [5.41, 5.74) is 1.69. The number of allylic oxidation sites excluding steroid dienone is 1. The molecule has 8 atom stereocenters. The van der Waals surface area contributed by atoms with E-state index >= 15 is 0 Å². The molecule has 8 unspecified atom stereocenters. The lowest BCUT2D eigenvalue weighted by Crippen LogP contribution is -2.52. The largest absolute Gasteiger partial charge is 0.452 e. The van der Waals surface area contributed by atoms with E-state index in [0.29, 0.717) is 11.3 Å². The van der Waals surface area contributed by atoms with Crippen LogP contribution in [0.3, 0.4) is 0 Å². The Bertz CT molecular complexity index is 723. The van der Waals surface area contributed by atoms with Gasteiger partial charge in [0.15, 0.2) is 0 Å². The predicted molar refractivity (Wildman–Crippen MR) is 105 cm³/mol. The first kappa shape index (κ1) is 18.0. The molecule has 3 fully saturated rings. The van der Waals surface area contributed by atoms with Gasteiger partial charge in [-0.15, -0.1) is 0 Å². The molecule has 4 aliphatic carbocycles. The number of fused-ring (bicyclic) bond motifs is 5. The summed E-state index contributed by atoms with van der Waals surface area (Å²) in [4.78, 5) is 11.8. The molecule has 3 saturated carbocycles. The van der Waals surface area contributed by atoms with Crippen molar-refractivity contribution in [2.24, 2.45) is 34.5 Å². The average Bonchev–Trinajstić information content (AvgIpc) is 3.15. The Labute approximate surface area is 163 Å². The second-order valence-electron chi connectivity index (χ2n) is 10.8. The Morgan fingerprint density at radius 2 is 1.89 bits per heavy atom. The van der Waals surface area contributed by atoms with Gasteiger partial charge in [0.25, 0.3) is 0 Å². The zero-order valence-electron chi connectivity index (χ0n) is 17.0. The first-order valence-electron chi connectivity index (χ1n) is 11.1. The second-order valence-corrected chi connectivity index (χ2v) is 10.8. The Hall–Kier alpha value is -1.09. The number of hydrogen-bond acceptors (Lipinski definition) is 3. The molecule has 5 aliphatic rings. The molecule has 148 valence electrons. The topological polar surface area (TPSA) is 46.5 Å². The van der Waals surface area contributed by atoms with Gasteiger partial charge in [-0.25, -0.2) is 4.79 Å². The molecule has 0 bridgehead atoms. The van der Waals surface area contributed by atoms with E-state index in [1.165, 1.54) is 32.1 Å². The number of carbonyl (C=O) groups excluding carboxylic acids is 1. The van der Waals surface area contributed by atoms with Crippen LogP contribution in [0.15, 0.2) is 23.8 Å². The number of carbonyl (C=O) groups is 1. The molecule has 0 spiro atoms. The van der Waals surface area contributed by atoms with E-state index < -0.39 is 5.60 Å². The minimum atomic E-state index is -0.415. The summed E-state index contributed by atoms with van der Waals surface area (Å²) in [6, 6.07) is 0. The van der Waals surface area contributed by atoms with Crippen molar-refractivity contribution in [3.63, 3.8) is 0 Å². The summed E-state index contributed by atoms with van der Waals surface area (Å²) in [5.74, 6) is 2.51. The monoisotopic (exact) mass is 370 g/mol. The highest BCUT2D eigenvalue weighted by atomic mass is 16.6. The van der Waals surface area contributed by atoms with Crippen LogP contribution in [0.4, 0.5) is 0 Å². The molecular formula is C24H34O3. The number of aliphatic hydroxyl groups excluding tert-OH is 1. The predicted octanol–water partition coefficient (Wildman–Crippen LogP) is 4.80. The maximum absolute atomic E-state index is 11.8. The van der Waals surface area contributed by atoms with Gasteiger partial charge >= 0.3 is 5.97 Å². The van der Waals surface area contributed by atoms with Gasteiger partial charge in [-0.2, -0.15) is 0 Å². The molecule has 0 amide bonds. The molecule has 5 rings (SSSR count). The molecule has 0 aromatic rings. The van der Waals surface area contributed by atoms with Crippen LogP contribution < -0.4 is 0 Å². The number of ether oxygens (including phenoxy) is 1. The average molecular weight is 371 g/mol. The lowest BCUT2D eigenvalue weighted by Gasteiger charge is -2.58. The molecule has 1 heterocycles. The van der Waals surface area contributed by atoms with Gasteiger partial charge in [0.2, 0.25) is 0 Å². The van der Waals surface area contributed by atoms with Gasteiger partial charge < -0.3 is 9.84 Å². The van der Waals surface area contributed by atoms with Gasteiger partial charge in [0.1, 0.15) is 5.60 Å². The standard InChI is InChI=1S/C24H34O3/c1-22-11-8-16(25)14-15(22)4-5-17-18-6-7-20(23(18,2)12-9-19(17)22)24(3)13-10-21(26)27-24/h4,10,13,16-20,25H,5-9,11-12,14H2,1-3H3. The summed E-state index contributed by atoms with van der Waals surface area (Å²) < 4.78 is 5.81. The molecule has 1 N–H and O–H groups in total. The first-order valence-corrected chi connectivity index (χ1v) is 11.1. The lowest BCUT2D eigenvalue weighted by molar-refractivity contribution is -0.154. The fourth-order valence-corrected chi connectivity index (χ4v) is 8.29. The highest BCUT2D eigenvalue weighted by Crippen LogP contribution is 2.68. The van der Waals surface area contributed by atoms with E-state index in [4.69, 9.17) is 4.74 Å². The molecule has 27 heavy (non-hydrogen) atoms. The molecular weight excluding hydrogens is 336 g/mol. The summed E-state index contributed by atoms with van der Waals surface area (Å²) in [5, 5.41) is 10.2. The van der Waals surface area contributed by atoms with Crippen LogP contribution in [-0.4, -0.2) is 22.8 Å². The van der Waals surface area contributed by atoms with Crippen LogP contribution in [0.25, 0.3) is 0 Å². The van der Waals surface area contributed by atoms with E-state index in [9.17, 15) is 9.90 Å². The van der Waals surface area contributed by atoms with Gasteiger partial charge in [-0.3, -0.25) is 0 Å². The van der Waals surface area contributed by atoms with Crippen LogP contribution in [0.2, 0.25) is 0 Å². The number of rotatable bonds is 1. The van der Waals surface area contributed by atoms with Gasteiger partial charge in [-0.05, 0) is 93.0 Å². The second kappa shape index (κ2) is 5.72. The SMILES string of the molecule is CC1(C2CCC3C4CC=C5CC(O)CCC5(C)C4CCC32C)C=CC(=O)O1. The van der Waals surface area contributed by atoms with Gasteiger partial charge in [0.05, 0.1) is 6.10 Å². The Morgan fingerprint density at radius 3 is 2.63 bits per heavy atom. The Kier molecular flexibility index (Phi) is 3.81. The highest BCUT2D eigenvalue weighted by molar-refractivity contribution is 5.85. The van der Waals surface area contributed by atoms with Crippen molar-refractivity contribution in [2.75, 3.05) is 0 Å². The molecule has 0 radical (unpaired) electrons. The van der Waals surface area contributed by atoms with Crippen LogP contribution in [0.5, 0.6) is 0 Å². The summed E-state index contributed by atoms with van der Waals surface area (Å²) in [6.45, 7) is 7.10. The van der Waals surface area contributed by atoms with Crippen molar-refractivity contribution < 1.29 is 14.6 Å². The fourth-order valence-electron chi connectivity index (χ4n) is 8.29. The van der Waals surface area contributed by atoms with Crippen LogP contribution in [0, 0.1) is 34.5 Å². The van der Waals surface area contributed by atoms with Crippen molar-refractivity contribution in [1.82, 2.24) is 0 Å². The zero-order valence-corrected chi connectivity index (χ0v) is 17.0. The smallest absolute Gasteiger partial charge is 0.331 e. The number of cyclic esters (lactones) is 1. The van der Waals surface area contributed by atoms with Crippen molar-refractivity contribution in [2.45, 2.75) is 83.8 Å². The van der Waals surface area contributed by atoms with E-state index in [2.05, 4.69) is 26.8 Å². The van der Waals surface area contributed by atoms with Crippen LogP contribution >= 0.6 is 0 Å². The molecule has 3 heteroatoms. The number of esters is 1. The van der Waals surface area contributed by atoms with E-state index in [0.717, 1.165) is 37.0 Å². The van der Waals surface area contributed by atoms with Gasteiger partial charge in [-0.1, -0.05) is 25.5 Å². The molecule has 0 aromatic carbocycles. The molecule has 0 saturated heterocycles. The summed E-state index contributed by atoms with van der Waals surface area (Å²) >= 11 is 0. The van der Waals surface area contributed by atoms with E-state index in [1.807, 2.05) is 6.08 Å². The van der Waals surface area contributed by atoms with Crippen LogP contribution in [0.1, 0.15) is 72.1 Å². The molecule has 1 aliphatic heterocycles. The Balaban J connectivity index is 1.45. The van der Waals surface area contributed by atoms with E-state index in [1.54, 1.807) is 11.6 Å². The first-order chi connectivity index (χ1) is 12.8. The maximum atomic E-state index is 11.8. The third-order valence-corrected chi connectivity index (χ3v) is 9.64. The minimum absolute atomic E-state index is 0.130. The minimum Gasteiger partial charge on any atom is -0.452 e. The molecule has 3 nitrogen and oxygen atoms in total. The normalized spacial score (nSPS) is 54.0.